The third kappa shape index (κ3) is 7.36. The quantitative estimate of drug-likeness (QED) is 0.262. The largest absolute Gasteiger partial charge is 0.493 e. The van der Waals surface area contributed by atoms with Gasteiger partial charge in [-0.2, -0.15) is 4.98 Å². The van der Waals surface area contributed by atoms with E-state index in [1.54, 1.807) is 0 Å². The highest BCUT2D eigenvalue weighted by atomic mass is 16.5. The summed E-state index contributed by atoms with van der Waals surface area (Å²) in [6, 6.07) is 26.2. The number of ether oxygens (including phenoxy) is 1. The summed E-state index contributed by atoms with van der Waals surface area (Å²) in [7, 11) is 0. The molecule has 3 aromatic carbocycles. The Hall–Kier alpha value is -3.97. The number of piperidine rings is 1. The van der Waals surface area contributed by atoms with Crippen LogP contribution in [0.4, 0.5) is 5.69 Å². The molecule has 0 bridgehead atoms. The zero-order valence-corrected chi connectivity index (χ0v) is 23.6. The van der Waals surface area contributed by atoms with Crippen LogP contribution in [0.1, 0.15) is 50.6 Å². The Bertz CT molecular complexity index is 1390. The Morgan fingerprint density at radius 1 is 1.05 bits per heavy atom. The molecule has 5 rings (SSSR count). The lowest BCUT2D eigenvalue weighted by Gasteiger charge is -2.30. The molecule has 1 aliphatic rings. The summed E-state index contributed by atoms with van der Waals surface area (Å²) in [5.74, 6) is 1.82. The number of likely N-dealkylation sites (tertiary alicyclic amines) is 1. The first-order valence-electron chi connectivity index (χ1n) is 14.1. The van der Waals surface area contributed by atoms with Crippen molar-refractivity contribution in [1.29, 1.82) is 0 Å². The van der Waals surface area contributed by atoms with Crippen LogP contribution in [0.25, 0.3) is 11.4 Å². The summed E-state index contributed by atoms with van der Waals surface area (Å²) in [5, 5.41) is 7.28. The smallest absolute Gasteiger partial charge is 0.241 e. The second kappa shape index (κ2) is 12.5. The maximum Gasteiger partial charge on any atom is 0.241 e. The fourth-order valence-corrected chi connectivity index (χ4v) is 5.00. The minimum atomic E-state index is -0.108. The molecule has 1 fully saturated rings. The van der Waals surface area contributed by atoms with Gasteiger partial charge in [-0.15, -0.1) is 0 Å². The molecule has 0 aliphatic carbocycles. The first-order valence-corrected chi connectivity index (χ1v) is 14.1. The van der Waals surface area contributed by atoms with Gasteiger partial charge in [0.15, 0.2) is 0 Å². The zero-order chi connectivity index (χ0) is 28.0. The number of nitrogens with zero attached hydrogens (tertiary/aromatic N) is 3. The van der Waals surface area contributed by atoms with E-state index in [0.29, 0.717) is 31.4 Å². The van der Waals surface area contributed by atoms with Gasteiger partial charge in [0, 0.05) is 30.3 Å². The Morgan fingerprint density at radius 2 is 1.85 bits per heavy atom. The number of carbonyl (C=O) groups is 1. The average molecular weight is 539 g/mol. The van der Waals surface area contributed by atoms with Crippen molar-refractivity contribution in [3.63, 3.8) is 0 Å². The lowest BCUT2D eigenvalue weighted by Crippen LogP contribution is -2.40. The number of hydrogen-bond acceptors (Lipinski definition) is 6. The van der Waals surface area contributed by atoms with Gasteiger partial charge < -0.3 is 14.6 Å². The van der Waals surface area contributed by atoms with Crippen LogP contribution in [-0.4, -0.2) is 40.6 Å². The van der Waals surface area contributed by atoms with Gasteiger partial charge in [-0.1, -0.05) is 86.6 Å². The Balaban J connectivity index is 1.12. The summed E-state index contributed by atoms with van der Waals surface area (Å²) in [4.78, 5) is 20.0. The van der Waals surface area contributed by atoms with Crippen LogP contribution in [0, 0.1) is 5.92 Å². The maximum atomic E-state index is 13.1. The number of rotatable bonds is 9. The molecule has 4 aromatic rings. The van der Waals surface area contributed by atoms with Gasteiger partial charge in [-0.05, 0) is 48.1 Å². The predicted molar refractivity (Wildman–Crippen MR) is 157 cm³/mol. The third-order valence-electron chi connectivity index (χ3n) is 7.32. The van der Waals surface area contributed by atoms with Crippen LogP contribution >= 0.6 is 0 Å². The number of nitrogens with one attached hydrogen (secondary N) is 1. The second-order valence-electron chi connectivity index (χ2n) is 11.5. The number of aromatic nitrogens is 2. The summed E-state index contributed by atoms with van der Waals surface area (Å²) in [6.45, 7) is 9.24. The topological polar surface area (TPSA) is 80.5 Å². The van der Waals surface area contributed by atoms with Crippen LogP contribution in [0.15, 0.2) is 83.4 Å². The molecule has 7 nitrogen and oxygen atoms in total. The first kappa shape index (κ1) is 27.6. The van der Waals surface area contributed by atoms with E-state index in [1.807, 2.05) is 54.6 Å². The van der Waals surface area contributed by atoms with Crippen molar-refractivity contribution < 1.29 is 14.1 Å². The number of benzene rings is 3. The van der Waals surface area contributed by atoms with Crippen molar-refractivity contribution >= 4 is 11.6 Å². The second-order valence-corrected chi connectivity index (χ2v) is 11.5. The molecule has 0 saturated carbocycles. The van der Waals surface area contributed by atoms with E-state index < -0.39 is 0 Å². The molecule has 2 heterocycles. The van der Waals surface area contributed by atoms with Crippen LogP contribution in [0.3, 0.4) is 0 Å². The highest BCUT2D eigenvalue weighted by Gasteiger charge is 2.27. The van der Waals surface area contributed by atoms with Crippen LogP contribution in [-0.2, 0) is 23.2 Å². The number of amides is 1. The van der Waals surface area contributed by atoms with E-state index >= 15 is 0 Å². The van der Waals surface area contributed by atoms with Gasteiger partial charge in [0.25, 0.3) is 0 Å². The van der Waals surface area contributed by atoms with Crippen LogP contribution < -0.4 is 10.1 Å². The van der Waals surface area contributed by atoms with Gasteiger partial charge >= 0.3 is 0 Å². The average Bonchev–Trinajstić information content (AvgIpc) is 3.42. The van der Waals surface area contributed by atoms with Gasteiger partial charge in [-0.3, -0.25) is 9.69 Å². The minimum absolute atomic E-state index is 0.0243. The van der Waals surface area contributed by atoms with E-state index in [2.05, 4.69) is 65.4 Å². The molecule has 7 heteroatoms. The van der Waals surface area contributed by atoms with E-state index in [-0.39, 0.29) is 17.2 Å². The highest BCUT2D eigenvalue weighted by molar-refractivity contribution is 5.92. The first-order chi connectivity index (χ1) is 19.3. The van der Waals surface area contributed by atoms with E-state index in [1.165, 1.54) is 11.1 Å². The van der Waals surface area contributed by atoms with Crippen LogP contribution in [0.2, 0.25) is 0 Å². The number of carbonyl (C=O) groups excluding carboxylic acids is 1. The Morgan fingerprint density at radius 3 is 2.62 bits per heavy atom. The van der Waals surface area contributed by atoms with Crippen molar-refractivity contribution in [1.82, 2.24) is 15.0 Å². The molecule has 1 amide bonds. The third-order valence-corrected chi connectivity index (χ3v) is 7.32. The van der Waals surface area contributed by atoms with E-state index in [0.717, 1.165) is 42.8 Å². The standard InChI is InChI=1S/C33H38N4O3/c1-33(2,3)27-16-14-25(15-17-27)31-35-30(40-36-31)23-37-19-8-11-26(22-37)32(38)34-28-12-7-13-29(21-28)39-20-18-24-9-5-4-6-10-24/h4-7,9-10,12-17,21,26H,8,11,18-20,22-23H2,1-3H3,(H,34,38). The lowest BCUT2D eigenvalue weighted by molar-refractivity contribution is -0.121. The number of hydrogen-bond donors (Lipinski definition) is 1. The summed E-state index contributed by atoms with van der Waals surface area (Å²) in [6.07, 6.45) is 2.63. The van der Waals surface area contributed by atoms with Crippen molar-refractivity contribution in [2.45, 2.75) is 52.0 Å². The highest BCUT2D eigenvalue weighted by Crippen LogP contribution is 2.26. The van der Waals surface area contributed by atoms with E-state index in [4.69, 9.17) is 9.26 Å². The molecule has 1 unspecified atom stereocenters. The molecule has 40 heavy (non-hydrogen) atoms. The fraction of sp³-hybridized carbons (Fsp3) is 0.364. The van der Waals surface area contributed by atoms with Gasteiger partial charge in [-0.25, -0.2) is 0 Å². The Labute approximate surface area is 236 Å². The number of anilines is 1. The molecule has 1 saturated heterocycles. The van der Waals surface area contributed by atoms with Crippen molar-refractivity contribution in [3.05, 3.63) is 95.9 Å². The lowest BCUT2D eigenvalue weighted by atomic mass is 9.87. The predicted octanol–water partition coefficient (Wildman–Crippen LogP) is 6.51. The maximum absolute atomic E-state index is 13.1. The monoisotopic (exact) mass is 538 g/mol. The minimum Gasteiger partial charge on any atom is -0.493 e. The fourth-order valence-electron chi connectivity index (χ4n) is 5.00. The van der Waals surface area contributed by atoms with Crippen molar-refractivity contribution in [2.24, 2.45) is 5.92 Å². The van der Waals surface area contributed by atoms with E-state index in [9.17, 15) is 4.79 Å². The molecule has 1 N–H and O–H groups in total. The zero-order valence-electron chi connectivity index (χ0n) is 23.6. The molecule has 0 radical (unpaired) electrons. The van der Waals surface area contributed by atoms with Gasteiger partial charge in [0.05, 0.1) is 19.1 Å². The molecule has 1 aromatic heterocycles. The molecule has 208 valence electrons. The Kier molecular flexibility index (Phi) is 8.60. The summed E-state index contributed by atoms with van der Waals surface area (Å²) >= 11 is 0. The normalized spacial score (nSPS) is 16.0. The SMILES string of the molecule is CC(C)(C)c1ccc(-c2noc(CN3CCCC(C(=O)Nc4cccc(OCCc5ccccc5)c4)C3)n2)cc1. The molecular formula is C33H38N4O3. The molecule has 1 aliphatic heterocycles. The van der Waals surface area contributed by atoms with Crippen molar-refractivity contribution in [2.75, 3.05) is 25.0 Å². The van der Waals surface area contributed by atoms with Gasteiger partial charge in [0.1, 0.15) is 5.75 Å². The summed E-state index contributed by atoms with van der Waals surface area (Å²) in [5.41, 5.74) is 4.28. The molecule has 1 atom stereocenters. The van der Waals surface area contributed by atoms with Crippen LogP contribution in [0.5, 0.6) is 5.75 Å². The van der Waals surface area contributed by atoms with Crippen molar-refractivity contribution in [3.8, 4) is 17.1 Å². The van der Waals surface area contributed by atoms with Gasteiger partial charge in [0.2, 0.25) is 17.6 Å². The summed E-state index contributed by atoms with van der Waals surface area (Å²) < 4.78 is 11.5. The molecular weight excluding hydrogens is 500 g/mol. The molecule has 0 spiro atoms.